The standard InChI is InChI=1S/C17H18N6O2/c1-25-17-4-2-3-15(20-17)23-10-11(9-18-23)7-16(24)19-14-8-13(21-22-14)12-5-6-12/h2-4,8-10,12H,5-7H2,1H3,(H2,19,21,22,24). The average Bonchev–Trinajstić information content (AvgIpc) is 3.20. The number of nitrogens with one attached hydrogen (secondary N) is 2. The van der Waals surface area contributed by atoms with Crippen LogP contribution in [0.15, 0.2) is 36.7 Å². The Morgan fingerprint density at radius 1 is 1.44 bits per heavy atom. The lowest BCUT2D eigenvalue weighted by Crippen LogP contribution is -2.14. The van der Waals surface area contributed by atoms with Crippen molar-refractivity contribution in [2.45, 2.75) is 25.2 Å². The molecule has 8 heteroatoms. The summed E-state index contributed by atoms with van der Waals surface area (Å²) in [4.78, 5) is 16.5. The van der Waals surface area contributed by atoms with Gasteiger partial charge in [0.25, 0.3) is 0 Å². The van der Waals surface area contributed by atoms with E-state index < -0.39 is 0 Å². The maximum absolute atomic E-state index is 12.2. The minimum atomic E-state index is -0.132. The molecule has 1 saturated carbocycles. The summed E-state index contributed by atoms with van der Waals surface area (Å²) in [7, 11) is 1.56. The van der Waals surface area contributed by atoms with E-state index in [4.69, 9.17) is 4.74 Å². The number of methoxy groups -OCH3 is 1. The fraction of sp³-hybridized carbons (Fsp3) is 0.294. The molecule has 1 aliphatic carbocycles. The Morgan fingerprint density at radius 2 is 2.32 bits per heavy atom. The smallest absolute Gasteiger partial charge is 0.230 e. The van der Waals surface area contributed by atoms with Crippen LogP contribution in [0.3, 0.4) is 0 Å². The summed E-state index contributed by atoms with van der Waals surface area (Å²) in [6.45, 7) is 0. The molecule has 0 saturated heterocycles. The van der Waals surface area contributed by atoms with E-state index in [1.165, 1.54) is 12.8 Å². The summed E-state index contributed by atoms with van der Waals surface area (Å²) >= 11 is 0. The van der Waals surface area contributed by atoms with Crippen molar-refractivity contribution < 1.29 is 9.53 Å². The van der Waals surface area contributed by atoms with E-state index in [1.54, 1.807) is 30.3 Å². The van der Waals surface area contributed by atoms with Gasteiger partial charge in [0.15, 0.2) is 11.6 Å². The number of H-pyrrole nitrogens is 1. The number of pyridine rings is 1. The Balaban J connectivity index is 1.40. The van der Waals surface area contributed by atoms with Gasteiger partial charge in [-0.25, -0.2) is 4.68 Å². The van der Waals surface area contributed by atoms with Crippen LogP contribution in [0.5, 0.6) is 5.88 Å². The van der Waals surface area contributed by atoms with Crippen LogP contribution in [0.25, 0.3) is 5.82 Å². The van der Waals surface area contributed by atoms with E-state index in [1.807, 2.05) is 18.2 Å². The second-order valence-corrected chi connectivity index (χ2v) is 6.04. The number of amides is 1. The Labute approximate surface area is 144 Å². The molecular weight excluding hydrogens is 320 g/mol. The summed E-state index contributed by atoms with van der Waals surface area (Å²) < 4.78 is 6.73. The number of ether oxygens (including phenoxy) is 1. The normalized spacial score (nSPS) is 13.6. The van der Waals surface area contributed by atoms with Crippen molar-refractivity contribution in [1.82, 2.24) is 25.0 Å². The highest BCUT2D eigenvalue weighted by Crippen LogP contribution is 2.39. The van der Waals surface area contributed by atoms with E-state index in [0.717, 1.165) is 11.3 Å². The maximum atomic E-state index is 12.2. The number of hydrogen-bond acceptors (Lipinski definition) is 5. The van der Waals surface area contributed by atoms with Crippen LogP contribution in [-0.4, -0.2) is 38.0 Å². The second kappa shape index (κ2) is 6.39. The van der Waals surface area contributed by atoms with Gasteiger partial charge in [-0.05, 0) is 24.5 Å². The molecule has 3 heterocycles. The maximum Gasteiger partial charge on any atom is 0.230 e. The first-order chi connectivity index (χ1) is 12.2. The molecule has 8 nitrogen and oxygen atoms in total. The fourth-order valence-electron chi connectivity index (χ4n) is 2.60. The molecule has 0 aliphatic heterocycles. The summed E-state index contributed by atoms with van der Waals surface area (Å²) in [5.74, 6) is 2.15. The predicted octanol–water partition coefficient (Wildman–Crippen LogP) is 2.06. The van der Waals surface area contributed by atoms with Gasteiger partial charge in [0.05, 0.1) is 19.7 Å². The number of aromatic nitrogens is 5. The molecule has 3 aromatic heterocycles. The van der Waals surface area contributed by atoms with Crippen LogP contribution in [0.4, 0.5) is 5.82 Å². The number of hydrogen-bond donors (Lipinski definition) is 2. The lowest BCUT2D eigenvalue weighted by Gasteiger charge is -2.02. The van der Waals surface area contributed by atoms with Gasteiger partial charge < -0.3 is 10.1 Å². The lowest BCUT2D eigenvalue weighted by molar-refractivity contribution is -0.115. The molecule has 4 rings (SSSR count). The van der Waals surface area contributed by atoms with Gasteiger partial charge in [0.2, 0.25) is 11.8 Å². The Morgan fingerprint density at radius 3 is 3.12 bits per heavy atom. The molecule has 1 fully saturated rings. The van der Waals surface area contributed by atoms with Crippen molar-refractivity contribution >= 4 is 11.7 Å². The largest absolute Gasteiger partial charge is 0.481 e. The Hall–Kier alpha value is -3.16. The van der Waals surface area contributed by atoms with Crippen molar-refractivity contribution in [3.63, 3.8) is 0 Å². The van der Waals surface area contributed by atoms with Gasteiger partial charge in [-0.3, -0.25) is 9.89 Å². The molecule has 1 aliphatic rings. The highest BCUT2D eigenvalue weighted by Gasteiger charge is 2.25. The Kier molecular flexibility index (Phi) is 3.93. The van der Waals surface area contributed by atoms with Gasteiger partial charge in [-0.2, -0.15) is 15.2 Å². The van der Waals surface area contributed by atoms with Gasteiger partial charge in [-0.1, -0.05) is 6.07 Å². The third-order valence-electron chi connectivity index (χ3n) is 4.04. The zero-order chi connectivity index (χ0) is 17.2. The van der Waals surface area contributed by atoms with Crippen LogP contribution in [0.1, 0.15) is 30.0 Å². The summed E-state index contributed by atoms with van der Waals surface area (Å²) in [5, 5.41) is 14.2. The Bertz CT molecular complexity index is 896. The lowest BCUT2D eigenvalue weighted by atomic mass is 10.2. The number of nitrogens with zero attached hydrogens (tertiary/aromatic N) is 4. The van der Waals surface area contributed by atoms with E-state index in [0.29, 0.717) is 23.4 Å². The van der Waals surface area contributed by atoms with Gasteiger partial charge in [0.1, 0.15) is 0 Å². The molecule has 2 N–H and O–H groups in total. The topological polar surface area (TPSA) is 97.7 Å². The van der Waals surface area contributed by atoms with Crippen LogP contribution in [0.2, 0.25) is 0 Å². The van der Waals surface area contributed by atoms with Crippen molar-refractivity contribution in [1.29, 1.82) is 0 Å². The highest BCUT2D eigenvalue weighted by atomic mass is 16.5. The zero-order valence-electron chi connectivity index (χ0n) is 13.8. The van der Waals surface area contributed by atoms with Crippen LogP contribution >= 0.6 is 0 Å². The van der Waals surface area contributed by atoms with Gasteiger partial charge >= 0.3 is 0 Å². The number of aromatic amines is 1. The third kappa shape index (κ3) is 3.52. The van der Waals surface area contributed by atoms with E-state index >= 15 is 0 Å². The average molecular weight is 338 g/mol. The van der Waals surface area contributed by atoms with Gasteiger partial charge in [-0.15, -0.1) is 0 Å². The highest BCUT2D eigenvalue weighted by molar-refractivity contribution is 5.91. The quantitative estimate of drug-likeness (QED) is 0.717. The molecule has 0 bridgehead atoms. The number of carbonyl (C=O) groups excluding carboxylic acids is 1. The van der Waals surface area contributed by atoms with Crippen LogP contribution in [0, 0.1) is 0 Å². The summed E-state index contributed by atoms with van der Waals surface area (Å²) in [5.41, 5.74) is 1.88. The first-order valence-electron chi connectivity index (χ1n) is 8.11. The van der Waals surface area contributed by atoms with Crippen molar-refractivity contribution in [3.8, 4) is 11.7 Å². The molecular formula is C17H18N6O2. The van der Waals surface area contributed by atoms with Gasteiger partial charge in [0, 0.05) is 29.9 Å². The first kappa shape index (κ1) is 15.4. The van der Waals surface area contributed by atoms with E-state index in [-0.39, 0.29) is 12.3 Å². The zero-order valence-corrected chi connectivity index (χ0v) is 13.8. The summed E-state index contributed by atoms with van der Waals surface area (Å²) in [6.07, 6.45) is 6.03. The molecule has 0 unspecified atom stereocenters. The minimum Gasteiger partial charge on any atom is -0.481 e. The molecule has 1 amide bonds. The van der Waals surface area contributed by atoms with Crippen molar-refractivity contribution in [3.05, 3.63) is 47.9 Å². The molecule has 128 valence electrons. The third-order valence-corrected chi connectivity index (χ3v) is 4.04. The SMILES string of the molecule is COc1cccc(-n2cc(CC(=O)Nc3cc(C4CC4)[nH]n3)cn2)n1. The monoisotopic (exact) mass is 338 g/mol. The van der Waals surface area contributed by atoms with Crippen LogP contribution < -0.4 is 10.1 Å². The molecule has 0 spiro atoms. The molecule has 0 atom stereocenters. The fourth-order valence-corrected chi connectivity index (χ4v) is 2.60. The predicted molar refractivity (Wildman–Crippen MR) is 90.8 cm³/mol. The number of rotatable bonds is 6. The second-order valence-electron chi connectivity index (χ2n) is 6.04. The van der Waals surface area contributed by atoms with E-state index in [2.05, 4.69) is 25.6 Å². The minimum absolute atomic E-state index is 0.132. The van der Waals surface area contributed by atoms with Crippen LogP contribution in [-0.2, 0) is 11.2 Å². The van der Waals surface area contributed by atoms with E-state index in [9.17, 15) is 4.79 Å². The first-order valence-corrected chi connectivity index (χ1v) is 8.11. The summed E-state index contributed by atoms with van der Waals surface area (Å²) in [6, 6.07) is 7.33. The van der Waals surface area contributed by atoms with Crippen molar-refractivity contribution in [2.75, 3.05) is 12.4 Å². The van der Waals surface area contributed by atoms with Crippen molar-refractivity contribution in [2.24, 2.45) is 0 Å². The molecule has 0 radical (unpaired) electrons. The molecule has 0 aromatic carbocycles. The molecule has 3 aromatic rings. The number of carbonyl (C=O) groups is 1. The molecule has 25 heavy (non-hydrogen) atoms. The number of anilines is 1.